The molecule has 0 bridgehead atoms. The van der Waals surface area contributed by atoms with Crippen LogP contribution >= 0.6 is 0 Å². The smallest absolute Gasteiger partial charge is 0.239 e. The Hall–Kier alpha value is -2.02. The molecule has 130 valence electrons. The van der Waals surface area contributed by atoms with Crippen molar-refractivity contribution in [1.82, 2.24) is 15.5 Å². The van der Waals surface area contributed by atoms with Gasteiger partial charge in [-0.05, 0) is 18.4 Å². The van der Waals surface area contributed by atoms with E-state index in [1.54, 1.807) is 0 Å². The van der Waals surface area contributed by atoms with Crippen molar-refractivity contribution in [3.63, 3.8) is 0 Å². The van der Waals surface area contributed by atoms with Crippen LogP contribution in [0.4, 0.5) is 0 Å². The highest BCUT2D eigenvalue weighted by atomic mass is 32.2. The molecule has 24 heavy (non-hydrogen) atoms. The summed E-state index contributed by atoms with van der Waals surface area (Å²) in [5.74, 6) is 1.10. The number of carbonyl (C=O) groups excluding carboxylic acids is 1. The molecule has 0 spiro atoms. The molecule has 1 aromatic heterocycles. The molecule has 0 fully saturated rings. The molecule has 1 N–H and O–H groups in total. The van der Waals surface area contributed by atoms with Crippen molar-refractivity contribution in [3.05, 3.63) is 47.6 Å². The molecule has 2 aromatic rings. The SMILES string of the molecule is CC(C)Cc1noc(C[S@](=O)CC(=O)N[C@H](C)c2ccccc2)n1. The molecule has 0 unspecified atom stereocenters. The lowest BCUT2D eigenvalue weighted by atomic mass is 10.1. The number of aromatic nitrogens is 2. The fraction of sp³-hybridized carbons (Fsp3) is 0.471. The number of hydrogen-bond donors (Lipinski definition) is 1. The van der Waals surface area contributed by atoms with E-state index in [2.05, 4.69) is 29.3 Å². The first-order chi connectivity index (χ1) is 11.4. The van der Waals surface area contributed by atoms with Gasteiger partial charge in [0, 0.05) is 17.2 Å². The standard InChI is InChI=1S/C17H23N3O3S/c1-12(2)9-15-19-17(23-20-15)11-24(22)10-16(21)18-13(3)14-7-5-4-6-8-14/h4-8,12-13H,9-11H2,1-3H3,(H,18,21)/t13-,24-/m1/s1. The molecule has 6 nitrogen and oxygen atoms in total. The average molecular weight is 349 g/mol. The normalized spacial score (nSPS) is 13.7. The summed E-state index contributed by atoms with van der Waals surface area (Å²) in [4.78, 5) is 16.2. The first kappa shape index (κ1) is 18.3. The van der Waals surface area contributed by atoms with E-state index in [9.17, 15) is 9.00 Å². The van der Waals surface area contributed by atoms with Crippen molar-refractivity contribution in [2.45, 2.75) is 39.0 Å². The van der Waals surface area contributed by atoms with Crippen molar-refractivity contribution in [3.8, 4) is 0 Å². The predicted octanol–water partition coefficient (Wildman–Crippen LogP) is 2.39. The zero-order chi connectivity index (χ0) is 17.5. The van der Waals surface area contributed by atoms with E-state index in [-0.39, 0.29) is 23.5 Å². The summed E-state index contributed by atoms with van der Waals surface area (Å²) in [6.45, 7) is 6.02. The first-order valence-electron chi connectivity index (χ1n) is 7.94. The Morgan fingerprint density at radius 3 is 2.62 bits per heavy atom. The van der Waals surface area contributed by atoms with Crippen LogP contribution in [0.25, 0.3) is 0 Å². The molecule has 0 aliphatic carbocycles. The van der Waals surface area contributed by atoms with Crippen LogP contribution in [-0.4, -0.2) is 26.0 Å². The highest BCUT2D eigenvalue weighted by molar-refractivity contribution is 7.84. The van der Waals surface area contributed by atoms with Crippen molar-refractivity contribution in [1.29, 1.82) is 0 Å². The van der Waals surface area contributed by atoms with Gasteiger partial charge in [0.1, 0.15) is 11.5 Å². The largest absolute Gasteiger partial charge is 0.349 e. The second-order valence-electron chi connectivity index (χ2n) is 6.13. The lowest BCUT2D eigenvalue weighted by Crippen LogP contribution is -2.31. The zero-order valence-corrected chi connectivity index (χ0v) is 15.0. The highest BCUT2D eigenvalue weighted by Gasteiger charge is 2.16. The lowest BCUT2D eigenvalue weighted by Gasteiger charge is -2.13. The minimum atomic E-state index is -1.38. The highest BCUT2D eigenvalue weighted by Crippen LogP contribution is 2.11. The van der Waals surface area contributed by atoms with Crippen LogP contribution < -0.4 is 5.32 Å². The summed E-state index contributed by atoms with van der Waals surface area (Å²) in [5, 5.41) is 6.70. The lowest BCUT2D eigenvalue weighted by molar-refractivity contribution is -0.119. The van der Waals surface area contributed by atoms with Crippen LogP contribution in [0.1, 0.15) is 44.1 Å². The van der Waals surface area contributed by atoms with E-state index in [0.29, 0.717) is 24.1 Å². The number of carbonyl (C=O) groups is 1. The molecular weight excluding hydrogens is 326 g/mol. The van der Waals surface area contributed by atoms with Crippen molar-refractivity contribution >= 4 is 16.7 Å². The van der Waals surface area contributed by atoms with Crippen LogP contribution in [0.3, 0.4) is 0 Å². The van der Waals surface area contributed by atoms with Gasteiger partial charge in [0.05, 0.1) is 6.04 Å². The third-order valence-corrected chi connectivity index (χ3v) is 4.51. The molecule has 1 amide bonds. The van der Waals surface area contributed by atoms with E-state index >= 15 is 0 Å². The maximum Gasteiger partial charge on any atom is 0.239 e. The van der Waals surface area contributed by atoms with Gasteiger partial charge in [0.25, 0.3) is 0 Å². The number of rotatable bonds is 8. The van der Waals surface area contributed by atoms with Crippen molar-refractivity contribution in [2.24, 2.45) is 5.92 Å². The summed E-state index contributed by atoms with van der Waals surface area (Å²) in [5.41, 5.74) is 1.01. The summed E-state index contributed by atoms with van der Waals surface area (Å²) in [6.07, 6.45) is 0.714. The average Bonchev–Trinajstić information content (AvgIpc) is 2.93. The minimum Gasteiger partial charge on any atom is -0.349 e. The van der Waals surface area contributed by atoms with E-state index < -0.39 is 10.8 Å². The number of nitrogens with one attached hydrogen (secondary N) is 1. The fourth-order valence-corrected chi connectivity index (χ4v) is 3.11. The third-order valence-electron chi connectivity index (χ3n) is 3.35. The Kier molecular flexibility index (Phi) is 6.66. The van der Waals surface area contributed by atoms with Gasteiger partial charge >= 0.3 is 0 Å². The second kappa shape index (κ2) is 8.73. The number of amides is 1. The van der Waals surface area contributed by atoms with E-state index in [0.717, 1.165) is 5.56 Å². The summed E-state index contributed by atoms with van der Waals surface area (Å²) >= 11 is 0. The number of hydrogen-bond acceptors (Lipinski definition) is 5. The molecule has 0 aliphatic rings. The summed E-state index contributed by atoms with van der Waals surface area (Å²) in [6, 6.07) is 9.51. The third kappa shape index (κ3) is 5.88. The van der Waals surface area contributed by atoms with Crippen LogP contribution in [0, 0.1) is 5.92 Å². The van der Waals surface area contributed by atoms with Crippen LogP contribution in [0.15, 0.2) is 34.9 Å². The van der Waals surface area contributed by atoms with Gasteiger partial charge in [0.2, 0.25) is 11.8 Å². The van der Waals surface area contributed by atoms with Crippen molar-refractivity contribution < 1.29 is 13.5 Å². The zero-order valence-electron chi connectivity index (χ0n) is 14.2. The molecule has 1 aromatic carbocycles. The maximum atomic E-state index is 12.1. The summed E-state index contributed by atoms with van der Waals surface area (Å²) in [7, 11) is -1.38. The van der Waals surface area contributed by atoms with Gasteiger partial charge in [-0.1, -0.05) is 49.3 Å². The van der Waals surface area contributed by atoms with Gasteiger partial charge in [0.15, 0.2) is 5.82 Å². The van der Waals surface area contributed by atoms with Gasteiger partial charge in [-0.3, -0.25) is 9.00 Å². The van der Waals surface area contributed by atoms with Gasteiger partial charge in [-0.15, -0.1) is 0 Å². The molecule has 7 heteroatoms. The molecule has 0 aliphatic heterocycles. The van der Waals surface area contributed by atoms with E-state index in [1.807, 2.05) is 37.3 Å². The molecule has 2 atom stereocenters. The molecule has 1 heterocycles. The molecular formula is C17H23N3O3S. The molecule has 2 rings (SSSR count). The predicted molar refractivity (Wildman–Crippen MR) is 92.6 cm³/mol. The monoisotopic (exact) mass is 349 g/mol. The van der Waals surface area contributed by atoms with Gasteiger partial charge in [-0.25, -0.2) is 0 Å². The van der Waals surface area contributed by atoms with Crippen LogP contribution in [0.5, 0.6) is 0 Å². The number of benzene rings is 1. The number of nitrogens with zero attached hydrogens (tertiary/aromatic N) is 2. The Labute approximate surface area is 144 Å². The fourth-order valence-electron chi connectivity index (χ4n) is 2.24. The Morgan fingerprint density at radius 2 is 1.96 bits per heavy atom. The Balaban J connectivity index is 1.81. The quantitative estimate of drug-likeness (QED) is 0.791. The van der Waals surface area contributed by atoms with E-state index in [1.165, 1.54) is 0 Å². The minimum absolute atomic E-state index is 0.0843. The van der Waals surface area contributed by atoms with Crippen LogP contribution in [0.2, 0.25) is 0 Å². The van der Waals surface area contributed by atoms with Crippen LogP contribution in [-0.2, 0) is 27.8 Å². The maximum absolute atomic E-state index is 12.1. The Morgan fingerprint density at radius 1 is 1.25 bits per heavy atom. The van der Waals surface area contributed by atoms with Gasteiger partial charge in [-0.2, -0.15) is 4.98 Å². The Bertz CT molecular complexity index is 685. The topological polar surface area (TPSA) is 85.1 Å². The van der Waals surface area contributed by atoms with Gasteiger partial charge < -0.3 is 9.84 Å². The second-order valence-corrected chi connectivity index (χ2v) is 7.59. The van der Waals surface area contributed by atoms with E-state index in [4.69, 9.17) is 4.52 Å². The molecule has 0 saturated heterocycles. The first-order valence-corrected chi connectivity index (χ1v) is 9.43. The molecule has 0 saturated carbocycles. The van der Waals surface area contributed by atoms with Crippen molar-refractivity contribution in [2.75, 3.05) is 5.75 Å². The summed E-state index contributed by atoms with van der Waals surface area (Å²) < 4.78 is 17.2. The molecule has 0 radical (unpaired) electrons.